The van der Waals surface area contributed by atoms with Crippen LogP contribution in [0.3, 0.4) is 0 Å². The number of carbonyl (C=O) groups is 2. The predicted octanol–water partition coefficient (Wildman–Crippen LogP) is 6.01. The number of pyridine rings is 1. The maximum absolute atomic E-state index is 13.2. The largest absolute Gasteiger partial charge is 0.494 e. The zero-order chi connectivity index (χ0) is 26.5. The molecule has 0 saturated heterocycles. The van der Waals surface area contributed by atoms with E-state index in [0.29, 0.717) is 27.5 Å². The first-order valence-electron chi connectivity index (χ1n) is 11.5. The molecule has 37 heavy (non-hydrogen) atoms. The normalized spacial score (nSPS) is 17.3. The zero-order valence-electron chi connectivity index (χ0n) is 19.8. The number of rotatable bonds is 8. The van der Waals surface area contributed by atoms with Crippen molar-refractivity contribution in [2.75, 3.05) is 17.7 Å². The van der Waals surface area contributed by atoms with Crippen molar-refractivity contribution in [2.24, 2.45) is 0 Å². The van der Waals surface area contributed by atoms with Crippen LogP contribution in [0.4, 0.5) is 11.5 Å². The molecule has 0 bridgehead atoms. The van der Waals surface area contributed by atoms with Gasteiger partial charge in [0.1, 0.15) is 16.4 Å². The van der Waals surface area contributed by atoms with E-state index in [9.17, 15) is 14.7 Å². The van der Waals surface area contributed by atoms with Crippen molar-refractivity contribution >= 4 is 69.5 Å². The van der Waals surface area contributed by atoms with E-state index in [-0.39, 0.29) is 33.9 Å². The van der Waals surface area contributed by atoms with Gasteiger partial charge in [0.25, 0.3) is 11.8 Å². The van der Waals surface area contributed by atoms with Crippen LogP contribution in [0.2, 0.25) is 15.1 Å². The highest BCUT2D eigenvalue weighted by Crippen LogP contribution is 2.35. The van der Waals surface area contributed by atoms with Gasteiger partial charge in [-0.1, -0.05) is 34.8 Å². The maximum Gasteiger partial charge on any atom is 0.267 e. The number of nitrogens with one attached hydrogen (secondary N) is 3. The van der Waals surface area contributed by atoms with Crippen LogP contribution in [-0.2, 0) is 6.54 Å². The molecule has 2 amide bonds. The van der Waals surface area contributed by atoms with Crippen molar-refractivity contribution in [2.45, 2.75) is 44.4 Å². The summed E-state index contributed by atoms with van der Waals surface area (Å²) < 4.78 is 5.40. The second-order valence-electron chi connectivity index (χ2n) is 8.59. The summed E-state index contributed by atoms with van der Waals surface area (Å²) in [5.41, 5.74) is 1.04. The molecule has 1 aliphatic rings. The Labute approximate surface area is 233 Å². The van der Waals surface area contributed by atoms with Gasteiger partial charge >= 0.3 is 0 Å². The fourth-order valence-electron chi connectivity index (χ4n) is 4.04. The Kier molecular flexibility index (Phi) is 9.28. The van der Waals surface area contributed by atoms with E-state index >= 15 is 0 Å². The second kappa shape index (κ2) is 12.4. The summed E-state index contributed by atoms with van der Waals surface area (Å²) in [6.07, 6.45) is 4.51. The molecular formula is C25H25Cl3N4O4S. The lowest BCUT2D eigenvalue weighted by molar-refractivity contribution is 0.102. The van der Waals surface area contributed by atoms with Crippen molar-refractivity contribution < 1.29 is 19.4 Å². The number of hydrogen-bond acceptors (Lipinski definition) is 7. The minimum atomic E-state index is -0.550. The van der Waals surface area contributed by atoms with Crippen LogP contribution in [0.5, 0.6) is 5.75 Å². The van der Waals surface area contributed by atoms with Crippen LogP contribution in [0.1, 0.15) is 51.3 Å². The molecular weight excluding hydrogens is 559 g/mol. The van der Waals surface area contributed by atoms with Gasteiger partial charge in [-0.05, 0) is 54.8 Å². The van der Waals surface area contributed by atoms with Crippen molar-refractivity contribution in [1.82, 2.24) is 10.3 Å². The minimum Gasteiger partial charge on any atom is -0.494 e. The molecule has 0 atom stereocenters. The van der Waals surface area contributed by atoms with Crippen molar-refractivity contribution in [1.29, 1.82) is 0 Å². The van der Waals surface area contributed by atoms with E-state index in [1.165, 1.54) is 36.8 Å². The van der Waals surface area contributed by atoms with Crippen molar-refractivity contribution in [3.63, 3.8) is 0 Å². The van der Waals surface area contributed by atoms with Crippen LogP contribution in [0.15, 0.2) is 35.8 Å². The van der Waals surface area contributed by atoms with Gasteiger partial charge in [0.2, 0.25) is 0 Å². The first-order valence-corrected chi connectivity index (χ1v) is 13.6. The summed E-state index contributed by atoms with van der Waals surface area (Å²) in [7, 11) is 1.41. The van der Waals surface area contributed by atoms with Crippen molar-refractivity contribution in [3.8, 4) is 5.75 Å². The van der Waals surface area contributed by atoms with E-state index in [2.05, 4.69) is 20.9 Å². The highest BCUT2D eigenvalue weighted by Gasteiger charge is 2.24. The van der Waals surface area contributed by atoms with E-state index in [1.807, 2.05) is 5.38 Å². The average molecular weight is 584 g/mol. The number of anilines is 2. The number of aliphatic hydroxyl groups is 1. The molecule has 0 spiro atoms. The number of halogens is 3. The number of nitrogens with zero attached hydrogens (tertiary/aromatic N) is 1. The number of ether oxygens (including phenoxy) is 1. The van der Waals surface area contributed by atoms with Gasteiger partial charge in [0.05, 0.1) is 34.5 Å². The highest BCUT2D eigenvalue weighted by molar-refractivity contribution is 7.13. The molecule has 4 rings (SSSR count). The molecule has 0 unspecified atom stereocenters. The van der Waals surface area contributed by atoms with Crippen LogP contribution >= 0.6 is 46.1 Å². The van der Waals surface area contributed by atoms with Gasteiger partial charge in [-0.25, -0.2) is 4.98 Å². The molecule has 2 aromatic heterocycles. The van der Waals surface area contributed by atoms with Gasteiger partial charge < -0.3 is 25.8 Å². The lowest BCUT2D eigenvalue weighted by Gasteiger charge is -2.26. The van der Waals surface area contributed by atoms with Gasteiger partial charge in [-0.2, -0.15) is 0 Å². The Balaban J connectivity index is 1.51. The zero-order valence-corrected chi connectivity index (χ0v) is 22.9. The number of benzene rings is 1. The number of methoxy groups -OCH3 is 1. The second-order valence-corrected chi connectivity index (χ2v) is 10.7. The minimum absolute atomic E-state index is 0.0866. The average Bonchev–Trinajstić information content (AvgIpc) is 3.25. The summed E-state index contributed by atoms with van der Waals surface area (Å²) in [5.74, 6) is -0.548. The Bertz CT molecular complexity index is 1280. The Morgan fingerprint density at radius 1 is 1.08 bits per heavy atom. The maximum atomic E-state index is 13.2. The molecule has 8 nitrogen and oxygen atoms in total. The van der Waals surface area contributed by atoms with E-state index in [1.54, 1.807) is 12.1 Å². The molecule has 196 valence electrons. The van der Waals surface area contributed by atoms with Gasteiger partial charge in [0.15, 0.2) is 0 Å². The predicted molar refractivity (Wildman–Crippen MR) is 148 cm³/mol. The van der Waals surface area contributed by atoms with E-state index in [4.69, 9.17) is 39.5 Å². The Morgan fingerprint density at radius 3 is 2.51 bits per heavy atom. The van der Waals surface area contributed by atoms with Crippen LogP contribution in [0.25, 0.3) is 0 Å². The summed E-state index contributed by atoms with van der Waals surface area (Å²) in [4.78, 5) is 30.7. The standard InChI is InChI=1S/C25H25Cl3N4O4S/c1-36-19-9-15(27)8-18(24(34)31-20-7-2-14(26)11-30-20)22(19)32-25(35)23-21(28)13(12-37-23)10-29-16-3-5-17(33)6-4-16/h2,7-9,11-12,16-17,29,33H,3-6,10H2,1H3,(H,32,35)(H,30,31,34). The third-order valence-corrected chi connectivity index (χ3v) is 8.04. The summed E-state index contributed by atoms with van der Waals surface area (Å²) >= 11 is 19.9. The number of carbonyl (C=O) groups excluding carboxylic acids is 2. The summed E-state index contributed by atoms with van der Waals surface area (Å²) in [5, 5.41) is 21.4. The number of aromatic nitrogens is 1. The summed E-state index contributed by atoms with van der Waals surface area (Å²) in [6.45, 7) is 0.509. The van der Waals surface area contributed by atoms with Gasteiger partial charge in [0, 0.05) is 29.9 Å². The number of thiophene rings is 1. The lowest BCUT2D eigenvalue weighted by Crippen LogP contribution is -2.34. The Morgan fingerprint density at radius 2 is 1.84 bits per heavy atom. The lowest BCUT2D eigenvalue weighted by atomic mass is 9.93. The van der Waals surface area contributed by atoms with E-state index in [0.717, 1.165) is 31.2 Å². The first-order chi connectivity index (χ1) is 17.7. The fourth-order valence-corrected chi connectivity index (χ4v) is 5.62. The third kappa shape index (κ3) is 6.93. The monoisotopic (exact) mass is 582 g/mol. The Hall–Kier alpha value is -2.40. The molecule has 1 aromatic carbocycles. The molecule has 1 saturated carbocycles. The highest BCUT2D eigenvalue weighted by atomic mass is 35.5. The molecule has 0 aliphatic heterocycles. The number of aliphatic hydroxyl groups excluding tert-OH is 1. The molecule has 2 heterocycles. The van der Waals surface area contributed by atoms with Crippen LogP contribution in [-0.4, -0.2) is 41.2 Å². The molecule has 0 radical (unpaired) electrons. The summed E-state index contributed by atoms with van der Waals surface area (Å²) in [6, 6.07) is 6.37. The van der Waals surface area contributed by atoms with Crippen LogP contribution < -0.4 is 20.7 Å². The number of hydrogen-bond donors (Lipinski definition) is 4. The fraction of sp³-hybridized carbons (Fsp3) is 0.320. The molecule has 1 fully saturated rings. The molecule has 4 N–H and O–H groups in total. The van der Waals surface area contributed by atoms with E-state index < -0.39 is 11.8 Å². The topological polar surface area (TPSA) is 113 Å². The molecule has 12 heteroatoms. The smallest absolute Gasteiger partial charge is 0.267 e. The third-order valence-electron chi connectivity index (χ3n) is 6.02. The van der Waals surface area contributed by atoms with Gasteiger partial charge in [-0.3, -0.25) is 9.59 Å². The molecule has 1 aliphatic carbocycles. The SMILES string of the molecule is COc1cc(Cl)cc(C(=O)Nc2ccc(Cl)cn2)c1NC(=O)c1scc(CNC2CCC(O)CC2)c1Cl. The van der Waals surface area contributed by atoms with Crippen LogP contribution in [0, 0.1) is 0 Å². The quantitative estimate of drug-likeness (QED) is 0.258. The number of amides is 2. The van der Waals surface area contributed by atoms with Crippen molar-refractivity contribution in [3.05, 3.63) is 66.9 Å². The van der Waals surface area contributed by atoms with Gasteiger partial charge in [-0.15, -0.1) is 11.3 Å². The molecule has 3 aromatic rings. The first kappa shape index (κ1) is 27.6.